The fourth-order valence-electron chi connectivity index (χ4n) is 7.61. The molecule has 1 saturated heterocycles. The van der Waals surface area contributed by atoms with Gasteiger partial charge in [-0.3, -0.25) is 9.80 Å². The van der Waals surface area contributed by atoms with Gasteiger partial charge in [0.25, 0.3) is 15.9 Å². The largest absolute Gasteiger partial charge is 0.494 e. The number of halogens is 3. The van der Waals surface area contributed by atoms with Crippen molar-refractivity contribution in [2.45, 2.75) is 88.1 Å². The SMILES string of the molecule is CC1(OCCC2(C(F)(F)F)CC2)C=CN(c2ccc3c(n2)N2CC4(CC4CCCOc4ccc(cc4)S(=O)(=O)NC3=O)CC2(C)C)N1. The molecule has 5 heterocycles. The van der Waals surface area contributed by atoms with Crippen molar-refractivity contribution in [3.63, 3.8) is 0 Å². The molecule has 3 fully saturated rings. The number of aromatic nitrogens is 1. The number of hydrogen-bond donors (Lipinski definition) is 2. The van der Waals surface area contributed by atoms with Crippen LogP contribution < -0.4 is 24.8 Å². The molecular weight excluding hydrogens is 635 g/mol. The Morgan fingerprint density at radius 3 is 2.55 bits per heavy atom. The van der Waals surface area contributed by atoms with E-state index in [4.69, 9.17) is 14.5 Å². The first kappa shape index (κ1) is 32.2. The van der Waals surface area contributed by atoms with E-state index in [-0.39, 0.29) is 47.3 Å². The number of anilines is 2. The van der Waals surface area contributed by atoms with Crippen molar-refractivity contribution >= 4 is 27.6 Å². The number of rotatable bonds is 5. The molecule has 0 radical (unpaired) electrons. The van der Waals surface area contributed by atoms with Crippen LogP contribution >= 0.6 is 0 Å². The van der Waals surface area contributed by atoms with Gasteiger partial charge in [0.1, 0.15) is 17.4 Å². The van der Waals surface area contributed by atoms with Crippen LogP contribution in [-0.4, -0.2) is 56.5 Å². The molecule has 1 spiro atoms. The average molecular weight is 676 g/mol. The number of ether oxygens (including phenoxy) is 2. The Bertz CT molecular complexity index is 1710. The van der Waals surface area contributed by atoms with Crippen LogP contribution in [0.4, 0.5) is 24.8 Å². The lowest BCUT2D eigenvalue weighted by molar-refractivity contribution is -0.194. The minimum atomic E-state index is -4.24. The van der Waals surface area contributed by atoms with Gasteiger partial charge in [0, 0.05) is 18.3 Å². The second-order valence-corrected chi connectivity index (χ2v) is 16.2. The van der Waals surface area contributed by atoms with E-state index in [1.165, 1.54) is 12.1 Å². The van der Waals surface area contributed by atoms with E-state index >= 15 is 0 Å². The highest BCUT2D eigenvalue weighted by molar-refractivity contribution is 7.90. The molecular formula is C33H40F3N5O5S. The van der Waals surface area contributed by atoms with Gasteiger partial charge < -0.3 is 14.4 Å². The molecule has 8 rings (SSSR count). The predicted molar refractivity (Wildman–Crippen MR) is 168 cm³/mol. The van der Waals surface area contributed by atoms with Crippen molar-refractivity contribution in [1.29, 1.82) is 0 Å². The van der Waals surface area contributed by atoms with Gasteiger partial charge in [-0.25, -0.2) is 18.1 Å². The molecule has 2 aromatic rings. The number of hydrazine groups is 1. The van der Waals surface area contributed by atoms with E-state index in [1.807, 2.05) is 0 Å². The fourth-order valence-corrected chi connectivity index (χ4v) is 8.58. The Morgan fingerprint density at radius 2 is 1.85 bits per heavy atom. The number of pyridine rings is 1. The quantitative estimate of drug-likeness (QED) is 0.414. The number of nitrogens with one attached hydrogen (secondary N) is 2. The van der Waals surface area contributed by atoms with Crippen molar-refractivity contribution in [2.75, 3.05) is 29.7 Å². The molecule has 6 aliphatic rings. The summed E-state index contributed by atoms with van der Waals surface area (Å²) in [5.74, 6) is 1.04. The Labute approximate surface area is 272 Å². The van der Waals surface area contributed by atoms with E-state index in [1.54, 1.807) is 48.5 Å². The number of carbonyl (C=O) groups is 1. The van der Waals surface area contributed by atoms with Gasteiger partial charge in [-0.2, -0.15) is 18.6 Å². The molecule has 1 amide bonds. The van der Waals surface area contributed by atoms with Gasteiger partial charge in [0.15, 0.2) is 5.72 Å². The second kappa shape index (κ2) is 10.8. The maximum absolute atomic E-state index is 13.7. The molecule has 1 aromatic carbocycles. The minimum absolute atomic E-state index is 0.0593. The fraction of sp³-hybridized carbons (Fsp3) is 0.576. The molecule has 2 N–H and O–H groups in total. The Kier molecular flexibility index (Phi) is 7.42. The van der Waals surface area contributed by atoms with E-state index < -0.39 is 33.2 Å². The molecule has 4 aliphatic heterocycles. The Balaban J connectivity index is 1.17. The summed E-state index contributed by atoms with van der Waals surface area (Å²) in [4.78, 5) is 20.7. The molecule has 47 heavy (non-hydrogen) atoms. The number of fused-ring (bicyclic) bond motifs is 7. The highest BCUT2D eigenvalue weighted by Gasteiger charge is 2.63. The van der Waals surface area contributed by atoms with Crippen molar-refractivity contribution in [2.24, 2.45) is 16.7 Å². The maximum Gasteiger partial charge on any atom is 0.394 e. The molecule has 1 aromatic heterocycles. The van der Waals surface area contributed by atoms with Crippen molar-refractivity contribution < 1.29 is 35.9 Å². The third-order valence-electron chi connectivity index (χ3n) is 10.6. The van der Waals surface area contributed by atoms with Crippen LogP contribution in [0.3, 0.4) is 0 Å². The number of carbonyl (C=O) groups excluding carboxylic acids is 1. The van der Waals surface area contributed by atoms with E-state index in [0.29, 0.717) is 36.5 Å². The minimum Gasteiger partial charge on any atom is -0.494 e. The summed E-state index contributed by atoms with van der Waals surface area (Å²) in [6.45, 7) is 7.06. The van der Waals surface area contributed by atoms with Crippen LogP contribution in [0, 0.1) is 16.7 Å². The normalized spacial score (nSPS) is 30.3. The third kappa shape index (κ3) is 5.97. The summed E-state index contributed by atoms with van der Waals surface area (Å²) < 4.78 is 80.8. The van der Waals surface area contributed by atoms with Crippen molar-refractivity contribution in [1.82, 2.24) is 15.1 Å². The van der Waals surface area contributed by atoms with Crippen LogP contribution in [0.25, 0.3) is 0 Å². The van der Waals surface area contributed by atoms with Gasteiger partial charge in [0.2, 0.25) is 0 Å². The summed E-state index contributed by atoms with van der Waals surface area (Å²) in [6, 6.07) is 9.15. The highest BCUT2D eigenvalue weighted by Crippen LogP contribution is 2.65. The first-order valence-electron chi connectivity index (χ1n) is 16.1. The smallest absolute Gasteiger partial charge is 0.394 e. The first-order chi connectivity index (χ1) is 22.0. The monoisotopic (exact) mass is 675 g/mol. The zero-order chi connectivity index (χ0) is 33.5. The summed E-state index contributed by atoms with van der Waals surface area (Å²) >= 11 is 0. The molecule has 14 heteroatoms. The summed E-state index contributed by atoms with van der Waals surface area (Å²) in [6.07, 6.45) is 3.11. The van der Waals surface area contributed by atoms with E-state index in [0.717, 1.165) is 25.7 Å². The molecule has 4 bridgehead atoms. The van der Waals surface area contributed by atoms with Gasteiger partial charge in [-0.15, -0.1) is 0 Å². The average Bonchev–Trinajstić information content (AvgIpc) is 3.86. The Hall–Kier alpha value is -3.36. The third-order valence-corrected chi connectivity index (χ3v) is 11.9. The lowest BCUT2D eigenvalue weighted by atomic mass is 9.91. The Morgan fingerprint density at radius 1 is 1.11 bits per heavy atom. The standard InChI is InChI=1S/C33H40F3N5O5S/c1-29(2)20-31-19-22(31)5-4-17-45-23-6-8-24(9-7-23)47(43,44)38-28(42)25-10-11-26(37-27(25)40(29)21-31)41-16-14-30(3,39-41)46-18-15-32(12-13-32)33(34,35)36/h6-11,14,16,22,39H,4-5,12-13,15,17-21H2,1-3H3,(H,38,42). The van der Waals surface area contributed by atoms with E-state index in [9.17, 15) is 26.4 Å². The summed E-state index contributed by atoms with van der Waals surface area (Å²) in [7, 11) is -4.20. The number of nitrogens with zero attached hydrogens (tertiary/aromatic N) is 3. The molecule has 10 nitrogen and oxygen atoms in total. The molecule has 2 saturated carbocycles. The number of alkyl halides is 3. The van der Waals surface area contributed by atoms with Crippen LogP contribution in [-0.2, 0) is 14.8 Å². The molecule has 2 aliphatic carbocycles. The zero-order valence-electron chi connectivity index (χ0n) is 26.7. The van der Waals surface area contributed by atoms with Crippen molar-refractivity contribution in [3.05, 3.63) is 54.2 Å². The first-order valence-corrected chi connectivity index (χ1v) is 17.6. The van der Waals surface area contributed by atoms with Crippen LogP contribution in [0.15, 0.2) is 53.6 Å². The molecule has 3 atom stereocenters. The molecule has 3 unspecified atom stereocenters. The lowest BCUT2D eigenvalue weighted by Crippen LogP contribution is -2.47. The van der Waals surface area contributed by atoms with Crippen molar-refractivity contribution in [3.8, 4) is 5.75 Å². The number of benzene rings is 1. The van der Waals surface area contributed by atoms with Crippen LogP contribution in [0.5, 0.6) is 5.75 Å². The topological polar surface area (TPSA) is 113 Å². The number of hydrogen-bond acceptors (Lipinski definition) is 9. The molecule has 254 valence electrons. The predicted octanol–water partition coefficient (Wildman–Crippen LogP) is 5.67. The lowest BCUT2D eigenvalue weighted by Gasteiger charge is -2.34. The number of sulfonamides is 1. The van der Waals surface area contributed by atoms with Gasteiger partial charge in [-0.1, -0.05) is 0 Å². The van der Waals surface area contributed by atoms with Gasteiger partial charge in [0.05, 0.1) is 29.1 Å². The van der Waals surface area contributed by atoms with Gasteiger partial charge in [-0.05, 0) is 120 Å². The zero-order valence-corrected chi connectivity index (χ0v) is 27.5. The van der Waals surface area contributed by atoms with Crippen LogP contribution in [0.1, 0.15) is 76.1 Å². The second-order valence-electron chi connectivity index (χ2n) is 14.6. The summed E-state index contributed by atoms with van der Waals surface area (Å²) in [5, 5.41) is 1.61. The number of amides is 1. The van der Waals surface area contributed by atoms with Gasteiger partial charge >= 0.3 is 6.18 Å². The van der Waals surface area contributed by atoms with E-state index in [2.05, 4.69) is 28.9 Å². The highest BCUT2D eigenvalue weighted by atomic mass is 32.2. The van der Waals surface area contributed by atoms with Crippen LogP contribution in [0.2, 0.25) is 0 Å². The maximum atomic E-state index is 13.7. The summed E-state index contributed by atoms with van der Waals surface area (Å²) in [5.41, 5.74) is 0.239.